The summed E-state index contributed by atoms with van der Waals surface area (Å²) in [4.78, 5) is 7.81. The molecule has 4 rings (SSSR count). The SMILES string of the molecule is Cc1cc(-c2[nH]c3ccc(C4CCNCC4)cc3c2CC(F)F)cc(C)n1. The largest absolute Gasteiger partial charge is 0.354 e. The van der Waals surface area contributed by atoms with E-state index in [-0.39, 0.29) is 6.42 Å². The first kappa shape index (κ1) is 18.1. The smallest absolute Gasteiger partial charge is 0.242 e. The van der Waals surface area contributed by atoms with Gasteiger partial charge in [0.25, 0.3) is 0 Å². The lowest BCUT2D eigenvalue weighted by Gasteiger charge is -2.23. The van der Waals surface area contributed by atoms with Crippen molar-refractivity contribution in [2.45, 2.75) is 45.5 Å². The van der Waals surface area contributed by atoms with Gasteiger partial charge in [0.1, 0.15) is 0 Å². The van der Waals surface area contributed by atoms with E-state index in [2.05, 4.69) is 27.4 Å². The second-order valence-corrected chi connectivity index (χ2v) is 7.54. The van der Waals surface area contributed by atoms with E-state index >= 15 is 0 Å². The highest BCUT2D eigenvalue weighted by Gasteiger charge is 2.20. The Hall–Kier alpha value is -2.27. The zero-order valence-corrected chi connectivity index (χ0v) is 15.8. The minimum atomic E-state index is -2.38. The zero-order valence-electron chi connectivity index (χ0n) is 15.8. The molecular formula is C22H25F2N3. The molecule has 0 saturated carbocycles. The van der Waals surface area contributed by atoms with Crippen LogP contribution in [0, 0.1) is 13.8 Å². The number of fused-ring (bicyclic) bond motifs is 1. The first-order valence-corrected chi connectivity index (χ1v) is 9.60. The molecule has 5 heteroatoms. The van der Waals surface area contributed by atoms with E-state index in [4.69, 9.17) is 0 Å². The van der Waals surface area contributed by atoms with Gasteiger partial charge in [0.15, 0.2) is 0 Å². The van der Waals surface area contributed by atoms with Gasteiger partial charge >= 0.3 is 0 Å². The van der Waals surface area contributed by atoms with Crippen LogP contribution in [0.4, 0.5) is 8.78 Å². The highest BCUT2D eigenvalue weighted by molar-refractivity contribution is 5.91. The molecule has 3 nitrogen and oxygen atoms in total. The summed E-state index contributed by atoms with van der Waals surface area (Å²) in [6, 6.07) is 10.2. The van der Waals surface area contributed by atoms with Crippen LogP contribution >= 0.6 is 0 Å². The number of hydrogen-bond acceptors (Lipinski definition) is 2. The van der Waals surface area contributed by atoms with Crippen LogP contribution in [-0.2, 0) is 6.42 Å². The molecule has 0 radical (unpaired) electrons. The maximum Gasteiger partial charge on any atom is 0.242 e. The number of rotatable bonds is 4. The van der Waals surface area contributed by atoms with Crippen molar-refractivity contribution in [2.24, 2.45) is 0 Å². The summed E-state index contributed by atoms with van der Waals surface area (Å²) in [5, 5.41) is 4.31. The average Bonchev–Trinajstić information content (AvgIpc) is 2.99. The second-order valence-electron chi connectivity index (χ2n) is 7.54. The van der Waals surface area contributed by atoms with E-state index in [1.807, 2.05) is 32.0 Å². The van der Waals surface area contributed by atoms with Gasteiger partial charge in [-0.05, 0) is 81.1 Å². The van der Waals surface area contributed by atoms with E-state index < -0.39 is 6.43 Å². The third kappa shape index (κ3) is 3.74. The van der Waals surface area contributed by atoms with E-state index in [0.717, 1.165) is 59.5 Å². The molecule has 0 aliphatic carbocycles. The quantitative estimate of drug-likeness (QED) is 0.670. The fourth-order valence-electron chi connectivity index (χ4n) is 4.27. The van der Waals surface area contributed by atoms with Crippen molar-refractivity contribution < 1.29 is 8.78 Å². The van der Waals surface area contributed by atoms with Gasteiger partial charge in [-0.2, -0.15) is 0 Å². The van der Waals surface area contributed by atoms with Crippen LogP contribution in [0.1, 0.15) is 41.3 Å². The Morgan fingerprint density at radius 1 is 1.07 bits per heavy atom. The normalized spacial score (nSPS) is 15.7. The van der Waals surface area contributed by atoms with E-state index in [9.17, 15) is 8.78 Å². The number of pyridine rings is 1. The number of piperidine rings is 1. The lowest BCUT2D eigenvalue weighted by Crippen LogP contribution is -2.26. The number of hydrogen-bond donors (Lipinski definition) is 2. The zero-order chi connectivity index (χ0) is 19.0. The van der Waals surface area contributed by atoms with Gasteiger partial charge in [0.2, 0.25) is 6.43 Å². The van der Waals surface area contributed by atoms with Crippen molar-refractivity contribution in [2.75, 3.05) is 13.1 Å². The fourth-order valence-corrected chi connectivity index (χ4v) is 4.27. The predicted molar refractivity (Wildman–Crippen MR) is 106 cm³/mol. The molecule has 1 fully saturated rings. The highest BCUT2D eigenvalue weighted by atomic mass is 19.3. The molecule has 3 aromatic rings. The summed E-state index contributed by atoms with van der Waals surface area (Å²) in [6.45, 7) is 5.89. The van der Waals surface area contributed by atoms with Crippen molar-refractivity contribution in [3.8, 4) is 11.3 Å². The Bertz CT molecular complexity index is 935. The number of halogens is 2. The molecule has 0 amide bonds. The maximum absolute atomic E-state index is 13.4. The topological polar surface area (TPSA) is 40.7 Å². The molecule has 1 saturated heterocycles. The summed E-state index contributed by atoms with van der Waals surface area (Å²) in [6.07, 6.45) is -0.439. The molecule has 3 heterocycles. The van der Waals surface area contributed by atoms with E-state index in [0.29, 0.717) is 11.5 Å². The number of aromatic nitrogens is 2. The molecule has 0 unspecified atom stereocenters. The van der Waals surface area contributed by atoms with Gasteiger partial charge in [0, 0.05) is 34.3 Å². The molecule has 0 spiro atoms. The number of aryl methyl sites for hydroxylation is 2. The predicted octanol–water partition coefficient (Wildman–Crippen LogP) is 5.12. The van der Waals surface area contributed by atoms with Crippen LogP contribution in [0.5, 0.6) is 0 Å². The molecule has 2 aromatic heterocycles. The summed E-state index contributed by atoms with van der Waals surface area (Å²) < 4.78 is 26.8. The first-order valence-electron chi connectivity index (χ1n) is 9.60. The van der Waals surface area contributed by atoms with Gasteiger partial charge < -0.3 is 10.3 Å². The van der Waals surface area contributed by atoms with Crippen LogP contribution in [0.2, 0.25) is 0 Å². The fraction of sp³-hybridized carbons (Fsp3) is 0.409. The average molecular weight is 369 g/mol. The summed E-state index contributed by atoms with van der Waals surface area (Å²) >= 11 is 0. The Morgan fingerprint density at radius 2 is 1.78 bits per heavy atom. The lowest BCUT2D eigenvalue weighted by atomic mass is 9.89. The van der Waals surface area contributed by atoms with E-state index in [1.165, 1.54) is 5.56 Å². The maximum atomic E-state index is 13.4. The molecule has 1 aliphatic rings. The number of aromatic amines is 1. The Labute approximate surface area is 158 Å². The van der Waals surface area contributed by atoms with E-state index in [1.54, 1.807) is 0 Å². The third-order valence-corrected chi connectivity index (χ3v) is 5.47. The van der Waals surface area contributed by atoms with Gasteiger partial charge in [-0.3, -0.25) is 4.98 Å². The van der Waals surface area contributed by atoms with Crippen LogP contribution in [0.15, 0.2) is 30.3 Å². The second kappa shape index (κ2) is 7.39. The number of alkyl halides is 2. The summed E-state index contributed by atoms with van der Waals surface area (Å²) in [7, 11) is 0. The molecule has 142 valence electrons. The molecule has 1 aromatic carbocycles. The van der Waals surface area contributed by atoms with Gasteiger partial charge in [-0.25, -0.2) is 8.78 Å². The summed E-state index contributed by atoms with van der Waals surface area (Å²) in [5.74, 6) is 0.499. The number of nitrogens with one attached hydrogen (secondary N) is 2. The minimum absolute atomic E-state index is 0.245. The summed E-state index contributed by atoms with van der Waals surface area (Å²) in [5.41, 5.74) is 6.39. The molecule has 0 atom stereocenters. The molecule has 1 aliphatic heterocycles. The first-order chi connectivity index (χ1) is 13.0. The number of nitrogens with zero attached hydrogens (tertiary/aromatic N) is 1. The number of benzene rings is 1. The van der Waals surface area contributed by atoms with Crippen LogP contribution in [-0.4, -0.2) is 29.5 Å². The lowest BCUT2D eigenvalue weighted by molar-refractivity contribution is 0.149. The molecular weight excluding hydrogens is 344 g/mol. The van der Waals surface area contributed by atoms with Gasteiger partial charge in [0.05, 0.1) is 5.69 Å². The van der Waals surface area contributed by atoms with Gasteiger partial charge in [-0.1, -0.05) is 6.07 Å². The van der Waals surface area contributed by atoms with Crippen LogP contribution in [0.25, 0.3) is 22.2 Å². The standard InChI is InChI=1S/C22H25F2N3/c1-13-9-17(10-14(2)26-13)22-19(12-21(23)24)18-11-16(3-4-20(18)27-22)15-5-7-25-8-6-15/h3-4,9-11,15,21,25,27H,5-8,12H2,1-2H3. The van der Waals surface area contributed by atoms with Crippen LogP contribution < -0.4 is 5.32 Å². The Morgan fingerprint density at radius 3 is 2.44 bits per heavy atom. The van der Waals surface area contributed by atoms with Gasteiger partial charge in [-0.15, -0.1) is 0 Å². The van der Waals surface area contributed by atoms with Crippen molar-refractivity contribution in [1.29, 1.82) is 0 Å². The molecule has 27 heavy (non-hydrogen) atoms. The van der Waals surface area contributed by atoms with Crippen LogP contribution in [0.3, 0.4) is 0 Å². The molecule has 0 bridgehead atoms. The monoisotopic (exact) mass is 369 g/mol. The van der Waals surface area contributed by atoms with Crippen molar-refractivity contribution in [3.05, 3.63) is 52.8 Å². The highest BCUT2D eigenvalue weighted by Crippen LogP contribution is 2.35. The number of H-pyrrole nitrogens is 1. The van der Waals surface area contributed by atoms with Crippen molar-refractivity contribution in [1.82, 2.24) is 15.3 Å². The van der Waals surface area contributed by atoms with Crippen molar-refractivity contribution >= 4 is 10.9 Å². The Kier molecular flexibility index (Phi) is 4.96. The minimum Gasteiger partial charge on any atom is -0.354 e. The Balaban J connectivity index is 1.85. The third-order valence-electron chi connectivity index (χ3n) is 5.47. The molecule has 2 N–H and O–H groups in total. The van der Waals surface area contributed by atoms with Crippen molar-refractivity contribution in [3.63, 3.8) is 0 Å².